The molecule has 0 aliphatic carbocycles. The summed E-state index contributed by atoms with van der Waals surface area (Å²) in [6.07, 6.45) is 5.98. The zero-order chi connectivity index (χ0) is 21.7. The highest BCUT2D eigenvalue weighted by atomic mass is 79.9. The van der Waals surface area contributed by atoms with Crippen LogP contribution in [0.4, 0.5) is 5.13 Å². The summed E-state index contributed by atoms with van der Waals surface area (Å²) in [4.78, 5) is 30.7. The van der Waals surface area contributed by atoms with E-state index in [4.69, 9.17) is 12.2 Å². The van der Waals surface area contributed by atoms with Crippen molar-refractivity contribution in [1.29, 1.82) is 0 Å². The first-order chi connectivity index (χ1) is 14.3. The van der Waals surface area contributed by atoms with Crippen molar-refractivity contribution in [1.82, 2.24) is 9.88 Å². The summed E-state index contributed by atoms with van der Waals surface area (Å²) in [6, 6.07) is 3.47. The average Bonchev–Trinajstić information content (AvgIpc) is 3.28. The molecule has 1 aromatic carbocycles. The first kappa shape index (κ1) is 23.4. The van der Waals surface area contributed by atoms with E-state index in [0.29, 0.717) is 37.4 Å². The van der Waals surface area contributed by atoms with Crippen LogP contribution in [-0.2, 0) is 9.59 Å². The van der Waals surface area contributed by atoms with Crippen LogP contribution in [0.3, 0.4) is 0 Å². The molecule has 1 saturated heterocycles. The molecule has 2 aromatic rings. The summed E-state index contributed by atoms with van der Waals surface area (Å²) in [5, 5.41) is 15.4. The van der Waals surface area contributed by atoms with Crippen LogP contribution in [0.25, 0.3) is 6.08 Å². The minimum atomic E-state index is -0.165. The highest BCUT2D eigenvalue weighted by molar-refractivity contribution is 9.11. The molecule has 0 spiro atoms. The van der Waals surface area contributed by atoms with Crippen LogP contribution in [0.1, 0.15) is 31.2 Å². The molecule has 1 aromatic heterocycles. The molecule has 1 aliphatic heterocycles. The molecular formula is C19H17Br2N3O3S3. The summed E-state index contributed by atoms with van der Waals surface area (Å²) < 4.78 is 1.83. The summed E-state index contributed by atoms with van der Waals surface area (Å²) in [7, 11) is 0. The standard InChI is InChI=1S/C19H17Br2N3O3S3/c20-12-8-11(16(26)13(21)10-12)9-14-17(27)24(19(28)30-14)6-3-1-2-4-15(25)23-18-22-5-7-29-18/h5,7-10,26H,1-4,6H2,(H,22,23,25)/b14-9-. The molecule has 0 atom stereocenters. The van der Waals surface area contributed by atoms with Gasteiger partial charge in [-0.3, -0.25) is 14.5 Å². The number of thioether (sulfide) groups is 1. The minimum absolute atomic E-state index is 0.0570. The number of hydrogen-bond acceptors (Lipinski definition) is 7. The highest BCUT2D eigenvalue weighted by Gasteiger charge is 2.31. The first-order valence-electron chi connectivity index (χ1n) is 8.98. The van der Waals surface area contributed by atoms with Gasteiger partial charge in [-0.05, 0) is 47.0 Å². The fourth-order valence-corrected chi connectivity index (χ4v) is 5.83. The van der Waals surface area contributed by atoms with E-state index in [1.165, 1.54) is 23.1 Å². The van der Waals surface area contributed by atoms with Crippen molar-refractivity contribution in [3.8, 4) is 5.75 Å². The molecule has 11 heteroatoms. The van der Waals surface area contributed by atoms with Crippen molar-refractivity contribution in [2.24, 2.45) is 0 Å². The van der Waals surface area contributed by atoms with Gasteiger partial charge in [0.2, 0.25) is 5.91 Å². The predicted octanol–water partition coefficient (Wildman–Crippen LogP) is 5.77. The number of phenols is 1. The van der Waals surface area contributed by atoms with Crippen LogP contribution in [0.15, 0.2) is 37.6 Å². The summed E-state index contributed by atoms with van der Waals surface area (Å²) in [5.41, 5.74) is 0.531. The van der Waals surface area contributed by atoms with Gasteiger partial charge < -0.3 is 10.4 Å². The maximum atomic E-state index is 12.7. The number of amides is 2. The molecule has 0 radical (unpaired) electrons. The molecule has 30 heavy (non-hydrogen) atoms. The molecule has 2 amide bonds. The van der Waals surface area contributed by atoms with Gasteiger partial charge in [0.05, 0.1) is 9.38 Å². The number of hydrogen-bond donors (Lipinski definition) is 2. The number of rotatable bonds is 8. The van der Waals surface area contributed by atoms with E-state index < -0.39 is 0 Å². The zero-order valence-corrected chi connectivity index (χ0v) is 21.2. The zero-order valence-electron chi connectivity index (χ0n) is 15.6. The fourth-order valence-electron chi connectivity index (χ4n) is 2.73. The third kappa shape index (κ3) is 6.13. The molecule has 1 aliphatic rings. The molecule has 6 nitrogen and oxygen atoms in total. The molecule has 1 fully saturated rings. The number of anilines is 1. The highest BCUT2D eigenvalue weighted by Crippen LogP contribution is 2.37. The van der Waals surface area contributed by atoms with E-state index in [2.05, 4.69) is 42.2 Å². The first-order valence-corrected chi connectivity index (χ1v) is 12.7. The molecule has 2 N–H and O–H groups in total. The summed E-state index contributed by atoms with van der Waals surface area (Å²) in [5.74, 6) is -0.153. The Morgan fingerprint density at radius 2 is 2.10 bits per heavy atom. The van der Waals surface area contributed by atoms with Gasteiger partial charge in [0.25, 0.3) is 5.91 Å². The average molecular weight is 591 g/mol. The number of halogens is 2. The number of carbonyl (C=O) groups is 2. The third-order valence-electron chi connectivity index (χ3n) is 4.18. The van der Waals surface area contributed by atoms with Gasteiger partial charge in [-0.25, -0.2) is 4.98 Å². The number of carbonyl (C=O) groups excluding carboxylic acids is 2. The van der Waals surface area contributed by atoms with Crippen molar-refractivity contribution in [2.75, 3.05) is 11.9 Å². The Morgan fingerprint density at radius 1 is 1.30 bits per heavy atom. The maximum Gasteiger partial charge on any atom is 0.266 e. The minimum Gasteiger partial charge on any atom is -0.506 e. The Hall–Kier alpha value is -1.27. The predicted molar refractivity (Wildman–Crippen MR) is 133 cm³/mol. The van der Waals surface area contributed by atoms with Gasteiger partial charge in [0.15, 0.2) is 5.13 Å². The third-order valence-corrected chi connectivity index (χ3v) is 7.31. The second-order valence-electron chi connectivity index (χ2n) is 6.35. The molecule has 0 bridgehead atoms. The van der Waals surface area contributed by atoms with E-state index in [1.807, 2.05) is 5.38 Å². The molecule has 0 unspecified atom stereocenters. The Morgan fingerprint density at radius 3 is 2.83 bits per heavy atom. The van der Waals surface area contributed by atoms with Crippen LogP contribution in [0.2, 0.25) is 0 Å². The van der Waals surface area contributed by atoms with Crippen molar-refractivity contribution in [2.45, 2.75) is 25.7 Å². The molecular weight excluding hydrogens is 574 g/mol. The normalized spacial score (nSPS) is 15.3. The summed E-state index contributed by atoms with van der Waals surface area (Å²) >= 11 is 14.6. The van der Waals surface area contributed by atoms with Crippen LogP contribution < -0.4 is 5.32 Å². The van der Waals surface area contributed by atoms with Crippen LogP contribution >= 0.6 is 67.2 Å². The molecule has 3 rings (SSSR count). The van der Waals surface area contributed by atoms with E-state index in [9.17, 15) is 14.7 Å². The summed E-state index contributed by atoms with van der Waals surface area (Å²) in [6.45, 7) is 0.504. The number of thiocarbonyl (C=S) groups is 1. The Kier molecular flexibility index (Phi) is 8.46. The number of aromatic hydroxyl groups is 1. The maximum absolute atomic E-state index is 12.7. The molecule has 0 saturated carbocycles. The van der Waals surface area contributed by atoms with Crippen molar-refractivity contribution in [3.63, 3.8) is 0 Å². The van der Waals surface area contributed by atoms with Crippen molar-refractivity contribution < 1.29 is 14.7 Å². The van der Waals surface area contributed by atoms with E-state index >= 15 is 0 Å². The Labute approximate surface area is 204 Å². The largest absolute Gasteiger partial charge is 0.506 e. The number of benzene rings is 1. The molecule has 2 heterocycles. The lowest BCUT2D eigenvalue weighted by atomic mass is 10.1. The lowest BCUT2D eigenvalue weighted by Gasteiger charge is -2.14. The second kappa shape index (κ2) is 10.9. The number of nitrogens with zero attached hydrogens (tertiary/aromatic N) is 2. The fraction of sp³-hybridized carbons (Fsp3) is 0.263. The number of aromatic nitrogens is 1. The number of unbranched alkanes of at least 4 members (excludes halogenated alkanes) is 2. The van der Waals surface area contributed by atoms with Gasteiger partial charge >= 0.3 is 0 Å². The molecule has 158 valence electrons. The van der Waals surface area contributed by atoms with E-state index in [1.54, 1.807) is 29.3 Å². The second-order valence-corrected chi connectivity index (χ2v) is 10.7. The van der Waals surface area contributed by atoms with Gasteiger partial charge in [0, 0.05) is 34.6 Å². The monoisotopic (exact) mass is 589 g/mol. The smallest absolute Gasteiger partial charge is 0.266 e. The Balaban J connectivity index is 1.49. The van der Waals surface area contributed by atoms with Gasteiger partial charge in [-0.1, -0.05) is 46.3 Å². The van der Waals surface area contributed by atoms with Gasteiger partial charge in [-0.2, -0.15) is 0 Å². The van der Waals surface area contributed by atoms with Gasteiger partial charge in [-0.15, -0.1) is 11.3 Å². The lowest BCUT2D eigenvalue weighted by molar-refractivity contribution is -0.122. The number of phenolic OH excluding ortho intramolecular Hbond substituents is 1. The lowest BCUT2D eigenvalue weighted by Crippen LogP contribution is -2.29. The Bertz CT molecular complexity index is 996. The van der Waals surface area contributed by atoms with E-state index in [-0.39, 0.29) is 17.6 Å². The van der Waals surface area contributed by atoms with Gasteiger partial charge in [0.1, 0.15) is 10.1 Å². The van der Waals surface area contributed by atoms with Crippen LogP contribution in [0.5, 0.6) is 5.75 Å². The number of thiazole rings is 1. The quantitative estimate of drug-likeness (QED) is 0.231. The van der Waals surface area contributed by atoms with Crippen LogP contribution in [-0.4, -0.2) is 37.7 Å². The topological polar surface area (TPSA) is 82.5 Å². The number of nitrogens with one attached hydrogen (secondary N) is 1. The van der Waals surface area contributed by atoms with Crippen molar-refractivity contribution in [3.05, 3.63) is 43.1 Å². The van der Waals surface area contributed by atoms with Crippen LogP contribution in [0, 0.1) is 0 Å². The SMILES string of the molecule is O=C(CCCCCN1C(=O)/C(=C/c2cc(Br)cc(Br)c2O)SC1=S)Nc1nccs1. The van der Waals surface area contributed by atoms with E-state index in [0.717, 1.165) is 23.7 Å². The van der Waals surface area contributed by atoms with Crippen molar-refractivity contribution >= 4 is 94.5 Å².